The number of rotatable bonds is 5. The predicted molar refractivity (Wildman–Crippen MR) is 109 cm³/mol. The molecule has 0 bridgehead atoms. The maximum atomic E-state index is 4.34. The first kappa shape index (κ1) is 19.2. The van der Waals surface area contributed by atoms with Crippen molar-refractivity contribution in [3.8, 4) is 0 Å². The molecule has 24 heavy (non-hydrogen) atoms. The lowest BCUT2D eigenvalue weighted by Gasteiger charge is -2.12. The molecular formula is C16H25IN6S. The third-order valence-corrected chi connectivity index (χ3v) is 5.00. The van der Waals surface area contributed by atoms with Gasteiger partial charge in [0, 0.05) is 31.4 Å². The molecule has 2 aromatic rings. The Morgan fingerprint density at radius 3 is 3.00 bits per heavy atom. The Bertz CT molecular complexity index is 637. The summed E-state index contributed by atoms with van der Waals surface area (Å²) in [4.78, 5) is 5.66. The van der Waals surface area contributed by atoms with Crippen molar-refractivity contribution in [1.82, 2.24) is 25.4 Å². The number of guanidine groups is 1. The Kier molecular flexibility index (Phi) is 7.97. The Morgan fingerprint density at radius 2 is 2.21 bits per heavy atom. The predicted octanol–water partition coefficient (Wildman–Crippen LogP) is 2.59. The number of halogens is 1. The highest BCUT2D eigenvalue weighted by Crippen LogP contribution is 2.14. The summed E-state index contributed by atoms with van der Waals surface area (Å²) in [5.74, 6) is 2.94. The van der Waals surface area contributed by atoms with Crippen molar-refractivity contribution in [2.24, 2.45) is 4.99 Å². The summed E-state index contributed by atoms with van der Waals surface area (Å²) in [6.45, 7) is 2.56. The molecule has 6 nitrogen and oxygen atoms in total. The van der Waals surface area contributed by atoms with E-state index < -0.39 is 0 Å². The number of aryl methyl sites for hydroxylation is 1. The van der Waals surface area contributed by atoms with Gasteiger partial charge in [0.1, 0.15) is 5.82 Å². The van der Waals surface area contributed by atoms with Crippen LogP contribution in [0.3, 0.4) is 0 Å². The van der Waals surface area contributed by atoms with E-state index in [1.807, 2.05) is 0 Å². The molecule has 0 saturated heterocycles. The molecule has 0 spiro atoms. The molecule has 0 saturated carbocycles. The monoisotopic (exact) mass is 460 g/mol. The molecule has 0 unspecified atom stereocenters. The maximum absolute atomic E-state index is 4.34. The fraction of sp³-hybridized carbons (Fsp3) is 0.562. The van der Waals surface area contributed by atoms with Gasteiger partial charge >= 0.3 is 0 Å². The van der Waals surface area contributed by atoms with Gasteiger partial charge in [0.15, 0.2) is 11.8 Å². The van der Waals surface area contributed by atoms with Gasteiger partial charge in [-0.15, -0.1) is 45.5 Å². The van der Waals surface area contributed by atoms with Crippen molar-refractivity contribution in [3.05, 3.63) is 34.0 Å². The zero-order chi connectivity index (χ0) is 15.9. The second-order valence-corrected chi connectivity index (χ2v) is 6.71. The van der Waals surface area contributed by atoms with E-state index in [1.165, 1.54) is 24.1 Å². The average molecular weight is 460 g/mol. The first-order valence-electron chi connectivity index (χ1n) is 8.24. The second-order valence-electron chi connectivity index (χ2n) is 5.68. The van der Waals surface area contributed by atoms with Crippen LogP contribution in [-0.4, -0.2) is 34.3 Å². The molecule has 0 amide bonds. The number of hydrogen-bond acceptors (Lipinski definition) is 4. The fourth-order valence-corrected chi connectivity index (χ4v) is 3.53. The number of aromatic nitrogens is 3. The first-order chi connectivity index (χ1) is 11.4. The van der Waals surface area contributed by atoms with E-state index in [2.05, 4.69) is 47.9 Å². The number of aliphatic imine (C=N–C) groups is 1. The first-order valence-corrected chi connectivity index (χ1v) is 9.12. The molecule has 0 atom stereocenters. The van der Waals surface area contributed by atoms with E-state index in [-0.39, 0.29) is 24.0 Å². The van der Waals surface area contributed by atoms with E-state index in [0.29, 0.717) is 6.54 Å². The molecule has 0 fully saturated rings. The standard InChI is InChI=1S/C16H24N6S.HI/c1-17-16(18-9-8-13-6-5-11-23-13)19-12-15-21-20-14-7-3-2-4-10-22(14)15;/h5-6,11H,2-4,7-10,12H2,1H3,(H2,17,18,19);1H. The molecule has 2 N–H and O–H groups in total. The molecule has 2 aromatic heterocycles. The van der Waals surface area contributed by atoms with Crippen molar-refractivity contribution in [2.45, 2.75) is 45.2 Å². The van der Waals surface area contributed by atoms with Crippen LogP contribution < -0.4 is 10.6 Å². The Labute approximate surface area is 164 Å². The van der Waals surface area contributed by atoms with E-state index in [4.69, 9.17) is 0 Å². The van der Waals surface area contributed by atoms with Gasteiger partial charge in [-0.1, -0.05) is 12.5 Å². The van der Waals surface area contributed by atoms with Crippen LogP contribution in [0.25, 0.3) is 0 Å². The fourth-order valence-electron chi connectivity index (χ4n) is 2.82. The summed E-state index contributed by atoms with van der Waals surface area (Å²) >= 11 is 1.79. The van der Waals surface area contributed by atoms with Gasteiger partial charge in [-0.3, -0.25) is 4.99 Å². The molecule has 1 aliphatic rings. The normalized spacial score (nSPS) is 14.5. The topological polar surface area (TPSA) is 67.1 Å². The van der Waals surface area contributed by atoms with E-state index in [0.717, 1.165) is 43.5 Å². The molecule has 3 rings (SSSR count). The highest BCUT2D eigenvalue weighted by atomic mass is 127. The lowest BCUT2D eigenvalue weighted by atomic mass is 10.2. The van der Waals surface area contributed by atoms with Gasteiger partial charge in [-0.25, -0.2) is 0 Å². The van der Waals surface area contributed by atoms with Gasteiger partial charge in [0.2, 0.25) is 0 Å². The van der Waals surface area contributed by atoms with Crippen LogP contribution in [0.5, 0.6) is 0 Å². The minimum atomic E-state index is 0. The molecule has 8 heteroatoms. The SMILES string of the molecule is CN=C(NCCc1cccs1)NCc1nnc2n1CCCCC2.I. The van der Waals surface area contributed by atoms with Gasteiger partial charge in [0.05, 0.1) is 6.54 Å². The van der Waals surface area contributed by atoms with Crippen LogP contribution in [0.2, 0.25) is 0 Å². The number of nitrogens with one attached hydrogen (secondary N) is 2. The lowest BCUT2D eigenvalue weighted by molar-refractivity contribution is 0.596. The molecule has 0 aliphatic carbocycles. The van der Waals surface area contributed by atoms with Crippen molar-refractivity contribution in [1.29, 1.82) is 0 Å². The average Bonchev–Trinajstić information content (AvgIpc) is 3.15. The molecule has 3 heterocycles. The number of nitrogens with zero attached hydrogens (tertiary/aromatic N) is 4. The van der Waals surface area contributed by atoms with E-state index in [1.54, 1.807) is 18.4 Å². The number of fused-ring (bicyclic) bond motifs is 1. The minimum Gasteiger partial charge on any atom is -0.356 e. The van der Waals surface area contributed by atoms with Gasteiger partial charge in [-0.05, 0) is 30.7 Å². The van der Waals surface area contributed by atoms with Crippen LogP contribution in [-0.2, 0) is 25.9 Å². The van der Waals surface area contributed by atoms with Crippen molar-refractivity contribution in [3.63, 3.8) is 0 Å². The van der Waals surface area contributed by atoms with E-state index >= 15 is 0 Å². The third-order valence-electron chi connectivity index (χ3n) is 4.07. The van der Waals surface area contributed by atoms with Crippen LogP contribution in [0.4, 0.5) is 0 Å². The van der Waals surface area contributed by atoms with Gasteiger partial charge < -0.3 is 15.2 Å². The molecule has 0 radical (unpaired) electrons. The van der Waals surface area contributed by atoms with Crippen LogP contribution in [0, 0.1) is 0 Å². The number of thiophene rings is 1. The summed E-state index contributed by atoms with van der Waals surface area (Å²) < 4.78 is 2.26. The second kappa shape index (κ2) is 9.97. The van der Waals surface area contributed by atoms with Gasteiger partial charge in [0.25, 0.3) is 0 Å². The summed E-state index contributed by atoms with van der Waals surface area (Å²) in [5.41, 5.74) is 0. The molecule has 132 valence electrons. The Hall–Kier alpha value is -1.16. The maximum Gasteiger partial charge on any atom is 0.191 e. The summed E-state index contributed by atoms with van der Waals surface area (Å²) in [6.07, 6.45) is 5.77. The highest BCUT2D eigenvalue weighted by Gasteiger charge is 2.14. The smallest absolute Gasteiger partial charge is 0.191 e. The quantitative estimate of drug-likeness (QED) is 0.409. The Morgan fingerprint density at radius 1 is 1.29 bits per heavy atom. The zero-order valence-electron chi connectivity index (χ0n) is 14.0. The lowest BCUT2D eigenvalue weighted by Crippen LogP contribution is -2.38. The molecule has 0 aromatic carbocycles. The van der Waals surface area contributed by atoms with Crippen LogP contribution in [0.15, 0.2) is 22.5 Å². The molecular weight excluding hydrogens is 435 g/mol. The van der Waals surface area contributed by atoms with E-state index in [9.17, 15) is 0 Å². The third kappa shape index (κ3) is 5.17. The van der Waals surface area contributed by atoms with Crippen molar-refractivity contribution < 1.29 is 0 Å². The Balaban J connectivity index is 0.00000208. The molecule has 1 aliphatic heterocycles. The minimum absolute atomic E-state index is 0. The van der Waals surface area contributed by atoms with Crippen LogP contribution in [0.1, 0.15) is 35.8 Å². The largest absolute Gasteiger partial charge is 0.356 e. The van der Waals surface area contributed by atoms with Crippen molar-refractivity contribution in [2.75, 3.05) is 13.6 Å². The van der Waals surface area contributed by atoms with Gasteiger partial charge in [-0.2, -0.15) is 0 Å². The summed E-state index contributed by atoms with van der Waals surface area (Å²) in [5, 5.41) is 17.5. The van der Waals surface area contributed by atoms with Crippen LogP contribution >= 0.6 is 35.3 Å². The highest BCUT2D eigenvalue weighted by molar-refractivity contribution is 14.0. The number of hydrogen-bond donors (Lipinski definition) is 2. The summed E-state index contributed by atoms with van der Waals surface area (Å²) in [7, 11) is 1.80. The van der Waals surface area contributed by atoms with Crippen molar-refractivity contribution >= 4 is 41.3 Å². The summed E-state index contributed by atoms with van der Waals surface area (Å²) in [6, 6.07) is 4.25. The zero-order valence-corrected chi connectivity index (χ0v) is 17.1.